The number of thiazole rings is 1. The minimum atomic E-state index is -4.62. The van der Waals surface area contributed by atoms with Crippen molar-refractivity contribution >= 4 is 28.1 Å². The fourth-order valence-corrected chi connectivity index (χ4v) is 4.54. The third-order valence-corrected chi connectivity index (χ3v) is 6.54. The van der Waals surface area contributed by atoms with Gasteiger partial charge in [-0.1, -0.05) is 19.8 Å². The van der Waals surface area contributed by atoms with E-state index in [1.54, 1.807) is 34.8 Å². The first kappa shape index (κ1) is 27.4. The standard InChI is InChI=1S/C26H31F3N4O2S/c1-4-7-8-14-35-23-12-11-20(15-21(23)26(27,28)29)33(17-24(34)32(5-2)6-3)25-31-22(18-36-25)19-10-9-13-30-16-19/h9-13,15-16,18H,4-8,14,17H2,1-3H3. The summed E-state index contributed by atoms with van der Waals surface area (Å²) < 4.78 is 47.5. The van der Waals surface area contributed by atoms with Crippen LogP contribution in [0, 0.1) is 0 Å². The second-order valence-electron chi connectivity index (χ2n) is 8.14. The molecule has 0 spiro atoms. The van der Waals surface area contributed by atoms with Crippen molar-refractivity contribution in [2.45, 2.75) is 46.2 Å². The Hall–Kier alpha value is -3.14. The molecule has 0 aliphatic heterocycles. The second-order valence-corrected chi connectivity index (χ2v) is 8.98. The Kier molecular flexibility index (Phi) is 9.69. The highest BCUT2D eigenvalue weighted by Gasteiger charge is 2.35. The number of likely N-dealkylation sites (N-methyl/N-ethyl adjacent to an activating group) is 1. The van der Waals surface area contributed by atoms with E-state index >= 15 is 0 Å². The number of rotatable bonds is 12. The molecule has 6 nitrogen and oxygen atoms in total. The number of unbranched alkanes of at least 4 members (excludes halogenated alkanes) is 2. The molecule has 0 aliphatic carbocycles. The quantitative estimate of drug-likeness (QED) is 0.246. The van der Waals surface area contributed by atoms with E-state index in [2.05, 4.69) is 9.97 Å². The number of alkyl halides is 3. The van der Waals surface area contributed by atoms with Crippen molar-refractivity contribution in [2.24, 2.45) is 0 Å². The maximum absolute atomic E-state index is 14.0. The topological polar surface area (TPSA) is 58.6 Å². The number of halogens is 3. The summed E-state index contributed by atoms with van der Waals surface area (Å²) in [5.74, 6) is -0.417. The highest BCUT2D eigenvalue weighted by Crippen LogP contribution is 2.41. The summed E-state index contributed by atoms with van der Waals surface area (Å²) in [5, 5.41) is 2.22. The predicted molar refractivity (Wildman–Crippen MR) is 137 cm³/mol. The van der Waals surface area contributed by atoms with Crippen LogP contribution in [0.25, 0.3) is 11.3 Å². The van der Waals surface area contributed by atoms with Gasteiger partial charge < -0.3 is 14.5 Å². The number of carbonyl (C=O) groups excluding carboxylic acids is 1. The number of ether oxygens (including phenoxy) is 1. The molecule has 0 saturated heterocycles. The van der Waals surface area contributed by atoms with E-state index in [1.165, 1.54) is 22.3 Å². The third-order valence-electron chi connectivity index (χ3n) is 5.68. The molecule has 0 bridgehead atoms. The van der Waals surface area contributed by atoms with Gasteiger partial charge in [0.2, 0.25) is 5.91 Å². The molecular formula is C26H31F3N4O2S. The maximum atomic E-state index is 14.0. The van der Waals surface area contributed by atoms with E-state index in [9.17, 15) is 18.0 Å². The molecule has 1 aromatic carbocycles. The molecule has 2 heterocycles. The van der Waals surface area contributed by atoms with Crippen molar-refractivity contribution < 1.29 is 22.7 Å². The van der Waals surface area contributed by atoms with Crippen molar-refractivity contribution in [3.63, 3.8) is 0 Å². The van der Waals surface area contributed by atoms with E-state index in [-0.39, 0.29) is 30.5 Å². The first-order valence-corrected chi connectivity index (χ1v) is 12.9. The van der Waals surface area contributed by atoms with Gasteiger partial charge in [-0.05, 0) is 50.6 Å². The molecule has 0 atom stereocenters. The Morgan fingerprint density at radius 2 is 1.89 bits per heavy atom. The summed E-state index contributed by atoms with van der Waals surface area (Å²) in [5.41, 5.74) is 0.758. The third kappa shape index (κ3) is 6.96. The molecular weight excluding hydrogens is 489 g/mol. The van der Waals surface area contributed by atoms with Crippen LogP contribution < -0.4 is 9.64 Å². The largest absolute Gasteiger partial charge is 0.493 e. The number of nitrogens with zero attached hydrogens (tertiary/aromatic N) is 4. The van der Waals surface area contributed by atoms with Gasteiger partial charge in [0.25, 0.3) is 0 Å². The van der Waals surface area contributed by atoms with Gasteiger partial charge in [0.15, 0.2) is 5.13 Å². The number of amides is 1. The van der Waals surface area contributed by atoms with Gasteiger partial charge in [0, 0.05) is 42.1 Å². The van der Waals surface area contributed by atoms with E-state index in [1.807, 2.05) is 26.8 Å². The van der Waals surface area contributed by atoms with Crippen LogP contribution in [0.5, 0.6) is 5.75 Å². The zero-order valence-electron chi connectivity index (χ0n) is 20.7. The van der Waals surface area contributed by atoms with Crippen LogP contribution in [-0.4, -0.2) is 47.0 Å². The lowest BCUT2D eigenvalue weighted by Gasteiger charge is -2.27. The average molecular weight is 521 g/mol. The molecule has 194 valence electrons. The maximum Gasteiger partial charge on any atom is 0.420 e. The van der Waals surface area contributed by atoms with Gasteiger partial charge in [0.05, 0.1) is 17.9 Å². The lowest BCUT2D eigenvalue weighted by atomic mass is 10.1. The van der Waals surface area contributed by atoms with Gasteiger partial charge in [-0.2, -0.15) is 13.2 Å². The van der Waals surface area contributed by atoms with Crippen molar-refractivity contribution in [1.82, 2.24) is 14.9 Å². The van der Waals surface area contributed by atoms with Crippen LogP contribution in [0.1, 0.15) is 45.6 Å². The first-order valence-electron chi connectivity index (χ1n) is 12.0. The van der Waals surface area contributed by atoms with Gasteiger partial charge in [0.1, 0.15) is 12.3 Å². The summed E-state index contributed by atoms with van der Waals surface area (Å²) in [7, 11) is 0. The summed E-state index contributed by atoms with van der Waals surface area (Å²) >= 11 is 1.26. The van der Waals surface area contributed by atoms with E-state index in [4.69, 9.17) is 4.74 Å². The molecule has 0 fully saturated rings. The van der Waals surface area contributed by atoms with Crippen LogP contribution in [-0.2, 0) is 11.0 Å². The van der Waals surface area contributed by atoms with Gasteiger partial charge >= 0.3 is 6.18 Å². The molecule has 10 heteroatoms. The number of pyridine rings is 1. The monoisotopic (exact) mass is 520 g/mol. The van der Waals surface area contributed by atoms with E-state index in [0.29, 0.717) is 30.3 Å². The van der Waals surface area contributed by atoms with Gasteiger partial charge in [-0.15, -0.1) is 11.3 Å². The Morgan fingerprint density at radius 3 is 2.53 bits per heavy atom. The van der Waals surface area contributed by atoms with Crippen LogP contribution in [0.2, 0.25) is 0 Å². The van der Waals surface area contributed by atoms with Crippen molar-refractivity contribution in [2.75, 3.05) is 31.1 Å². The molecule has 3 rings (SSSR count). The molecule has 0 aliphatic rings. The second kappa shape index (κ2) is 12.7. The number of anilines is 2. The molecule has 0 radical (unpaired) electrons. The molecule has 1 amide bonds. The summed E-state index contributed by atoms with van der Waals surface area (Å²) in [6.07, 6.45) is 1.19. The van der Waals surface area contributed by atoms with E-state index in [0.717, 1.165) is 24.5 Å². The molecule has 3 aromatic rings. The minimum Gasteiger partial charge on any atom is -0.493 e. The molecule has 0 unspecified atom stereocenters. The number of benzene rings is 1. The highest BCUT2D eigenvalue weighted by atomic mass is 32.1. The smallest absolute Gasteiger partial charge is 0.420 e. The number of hydrogen-bond acceptors (Lipinski definition) is 6. The van der Waals surface area contributed by atoms with Gasteiger partial charge in [-0.25, -0.2) is 4.98 Å². The number of carbonyl (C=O) groups is 1. The van der Waals surface area contributed by atoms with Crippen LogP contribution in [0.3, 0.4) is 0 Å². The average Bonchev–Trinajstić information content (AvgIpc) is 3.36. The lowest BCUT2D eigenvalue weighted by Crippen LogP contribution is -2.38. The molecule has 0 N–H and O–H groups in total. The Bertz CT molecular complexity index is 1120. The van der Waals surface area contributed by atoms with Crippen molar-refractivity contribution in [1.29, 1.82) is 0 Å². The predicted octanol–water partition coefficient (Wildman–Crippen LogP) is 6.80. The highest BCUT2D eigenvalue weighted by molar-refractivity contribution is 7.14. The van der Waals surface area contributed by atoms with Crippen molar-refractivity contribution in [3.8, 4) is 17.0 Å². The molecule has 0 saturated carbocycles. The normalized spacial score (nSPS) is 11.4. The SMILES string of the molecule is CCCCCOc1ccc(N(CC(=O)N(CC)CC)c2nc(-c3cccnc3)cs2)cc1C(F)(F)F. The van der Waals surface area contributed by atoms with Crippen molar-refractivity contribution in [3.05, 3.63) is 53.7 Å². The minimum absolute atomic E-state index is 0.143. The first-order chi connectivity index (χ1) is 17.3. The fraction of sp³-hybridized carbons (Fsp3) is 0.423. The number of aromatic nitrogens is 2. The number of hydrogen-bond donors (Lipinski definition) is 0. The summed E-state index contributed by atoms with van der Waals surface area (Å²) in [6, 6.07) is 7.55. The lowest BCUT2D eigenvalue weighted by molar-refractivity contribution is -0.139. The van der Waals surface area contributed by atoms with Crippen LogP contribution in [0.15, 0.2) is 48.1 Å². The van der Waals surface area contributed by atoms with Crippen LogP contribution in [0.4, 0.5) is 24.0 Å². The molecule has 2 aromatic heterocycles. The van der Waals surface area contributed by atoms with Crippen LogP contribution >= 0.6 is 11.3 Å². The van der Waals surface area contributed by atoms with E-state index < -0.39 is 11.7 Å². The molecule has 36 heavy (non-hydrogen) atoms. The summed E-state index contributed by atoms with van der Waals surface area (Å²) in [6.45, 7) is 6.81. The zero-order valence-corrected chi connectivity index (χ0v) is 21.5. The Morgan fingerprint density at radius 1 is 1.11 bits per heavy atom. The summed E-state index contributed by atoms with van der Waals surface area (Å²) in [4.78, 5) is 24.9. The van der Waals surface area contributed by atoms with Gasteiger partial charge in [-0.3, -0.25) is 9.78 Å². The fourth-order valence-electron chi connectivity index (χ4n) is 3.68. The zero-order chi connectivity index (χ0) is 26.1. The Balaban J connectivity index is 2.00. The Labute approximate surface area is 213 Å².